The molecule has 0 aliphatic rings. The topological polar surface area (TPSA) is 77.9 Å². The first kappa shape index (κ1) is 28.8. The van der Waals surface area contributed by atoms with Crippen molar-refractivity contribution in [2.24, 2.45) is 5.41 Å². The lowest BCUT2D eigenvalue weighted by atomic mass is 9.81. The van der Waals surface area contributed by atoms with Gasteiger partial charge >= 0.3 is 0 Å². The molecule has 2 aromatic carbocycles. The Hall–Kier alpha value is -2.73. The molecule has 1 heterocycles. The van der Waals surface area contributed by atoms with Crippen molar-refractivity contribution in [3.8, 4) is 22.8 Å². The van der Waals surface area contributed by atoms with Gasteiger partial charge in [0.25, 0.3) is 0 Å². The molecule has 0 spiro atoms. The van der Waals surface area contributed by atoms with E-state index in [1.165, 1.54) is 12.7 Å². The van der Waals surface area contributed by atoms with Crippen LogP contribution in [0.3, 0.4) is 0 Å². The third-order valence-corrected chi connectivity index (χ3v) is 7.44. The highest BCUT2D eigenvalue weighted by molar-refractivity contribution is 7.57. The summed E-state index contributed by atoms with van der Waals surface area (Å²) >= 11 is 0. The van der Waals surface area contributed by atoms with Crippen LogP contribution in [0.5, 0.6) is 11.6 Å². The fourth-order valence-electron chi connectivity index (χ4n) is 4.53. The molecule has 3 rings (SSSR count). The first-order chi connectivity index (χ1) is 17.3. The maximum atomic E-state index is 14.9. The maximum Gasteiger partial charge on any atom is 0.213 e. The summed E-state index contributed by atoms with van der Waals surface area (Å²) in [6.07, 6.45) is 1.52. The third-order valence-electron chi connectivity index (χ3n) is 6.21. The largest absolute Gasteiger partial charge is 0.497 e. The second kappa shape index (κ2) is 11.8. The molecule has 1 aromatic heterocycles. The number of rotatable bonds is 10. The van der Waals surface area contributed by atoms with Crippen LogP contribution in [0.1, 0.15) is 56.4 Å². The second-order valence-electron chi connectivity index (χ2n) is 10.6. The Morgan fingerprint density at radius 3 is 2.41 bits per heavy atom. The molecule has 0 fully saturated rings. The van der Waals surface area contributed by atoms with Crippen molar-refractivity contribution in [2.75, 3.05) is 27.0 Å². The first-order valence-electron chi connectivity index (χ1n) is 12.2. The number of halogens is 1. The molecule has 200 valence electrons. The van der Waals surface area contributed by atoms with Crippen molar-refractivity contribution in [1.82, 2.24) is 4.98 Å². The average Bonchev–Trinajstić information content (AvgIpc) is 2.82. The van der Waals surface area contributed by atoms with E-state index in [0.29, 0.717) is 17.2 Å². The van der Waals surface area contributed by atoms with Crippen molar-refractivity contribution in [3.05, 3.63) is 77.2 Å². The van der Waals surface area contributed by atoms with Gasteiger partial charge in [-0.1, -0.05) is 39.8 Å². The van der Waals surface area contributed by atoms with Gasteiger partial charge in [-0.05, 0) is 63.9 Å². The molecule has 0 radical (unpaired) electrons. The van der Waals surface area contributed by atoms with Crippen LogP contribution in [0.15, 0.2) is 54.7 Å². The van der Waals surface area contributed by atoms with Gasteiger partial charge in [0, 0.05) is 37.8 Å². The average molecular weight is 530 g/mol. The van der Waals surface area contributed by atoms with Crippen molar-refractivity contribution >= 4 is 7.37 Å². The minimum Gasteiger partial charge on any atom is -0.497 e. The van der Waals surface area contributed by atoms with E-state index >= 15 is 0 Å². The predicted octanol–water partition coefficient (Wildman–Crippen LogP) is 7.21. The Morgan fingerprint density at radius 2 is 1.78 bits per heavy atom. The molecule has 0 amide bonds. The second-order valence-corrected chi connectivity index (χ2v) is 13.1. The molecule has 1 N–H and O–H groups in total. The highest BCUT2D eigenvalue weighted by Crippen LogP contribution is 2.43. The summed E-state index contributed by atoms with van der Waals surface area (Å²) in [7, 11) is 0.0668. The van der Waals surface area contributed by atoms with Gasteiger partial charge in [-0.2, -0.15) is 0 Å². The van der Waals surface area contributed by atoms with Crippen LogP contribution >= 0.6 is 7.37 Å². The SMILES string of the molecule is COc1ccc(F)c(-c2ccc(COc3cc(C(C)CP(C)(=O)O)ccn3)cc2[C@@H](OC)C(C)(C)C)c1. The molecule has 37 heavy (non-hydrogen) atoms. The molecule has 0 aliphatic carbocycles. The van der Waals surface area contributed by atoms with Crippen molar-refractivity contribution < 1.29 is 28.1 Å². The van der Waals surface area contributed by atoms with E-state index in [-0.39, 0.29) is 36.0 Å². The highest BCUT2D eigenvalue weighted by Gasteiger charge is 2.29. The molecule has 2 unspecified atom stereocenters. The molecule has 0 saturated heterocycles. The number of ether oxygens (including phenoxy) is 3. The van der Waals surface area contributed by atoms with E-state index in [1.807, 2.05) is 31.2 Å². The highest BCUT2D eigenvalue weighted by atomic mass is 31.2. The number of methoxy groups -OCH3 is 2. The summed E-state index contributed by atoms with van der Waals surface area (Å²) < 4.78 is 44.0. The van der Waals surface area contributed by atoms with Gasteiger partial charge in [-0.25, -0.2) is 9.37 Å². The van der Waals surface area contributed by atoms with Gasteiger partial charge in [-0.3, -0.25) is 4.57 Å². The number of hydrogen-bond donors (Lipinski definition) is 1. The lowest BCUT2D eigenvalue weighted by Crippen LogP contribution is -2.21. The first-order valence-corrected chi connectivity index (χ1v) is 14.5. The molecule has 0 bridgehead atoms. The molecule has 3 atom stereocenters. The fourth-order valence-corrected chi connectivity index (χ4v) is 5.76. The van der Waals surface area contributed by atoms with Crippen LogP contribution in [0.4, 0.5) is 4.39 Å². The number of benzene rings is 2. The van der Waals surface area contributed by atoms with E-state index in [2.05, 4.69) is 25.8 Å². The van der Waals surface area contributed by atoms with Gasteiger partial charge in [0.05, 0.1) is 13.2 Å². The molecule has 8 heteroatoms. The molecule has 0 aliphatic heterocycles. The monoisotopic (exact) mass is 529 g/mol. The Labute approximate surface area is 219 Å². The predicted molar refractivity (Wildman–Crippen MR) is 145 cm³/mol. The Morgan fingerprint density at radius 1 is 1.05 bits per heavy atom. The van der Waals surface area contributed by atoms with Crippen LogP contribution in [0.25, 0.3) is 11.1 Å². The molecule has 3 aromatic rings. The zero-order valence-electron chi connectivity index (χ0n) is 22.6. The quantitative estimate of drug-likeness (QED) is 0.280. The minimum atomic E-state index is -3.14. The van der Waals surface area contributed by atoms with Crippen LogP contribution in [0, 0.1) is 11.2 Å². The zero-order valence-corrected chi connectivity index (χ0v) is 23.5. The van der Waals surface area contributed by atoms with Crippen LogP contribution in [-0.2, 0) is 15.9 Å². The van der Waals surface area contributed by atoms with Gasteiger partial charge in [0.15, 0.2) is 7.37 Å². The van der Waals surface area contributed by atoms with Gasteiger partial charge in [0.1, 0.15) is 18.2 Å². The van der Waals surface area contributed by atoms with Crippen LogP contribution in [0.2, 0.25) is 0 Å². The molecule has 6 nitrogen and oxygen atoms in total. The normalized spacial score (nSPS) is 15.1. The minimum absolute atomic E-state index is 0.107. The summed E-state index contributed by atoms with van der Waals surface area (Å²) in [5.74, 6) is 0.547. The van der Waals surface area contributed by atoms with Gasteiger partial charge < -0.3 is 19.1 Å². The van der Waals surface area contributed by atoms with Gasteiger partial charge in [-0.15, -0.1) is 0 Å². The lowest BCUT2D eigenvalue weighted by molar-refractivity contribution is 0.0155. The summed E-state index contributed by atoms with van der Waals surface area (Å²) in [5.41, 5.74) is 3.52. The summed E-state index contributed by atoms with van der Waals surface area (Å²) in [5, 5.41) is 0. The van der Waals surface area contributed by atoms with E-state index in [0.717, 1.165) is 22.3 Å². The van der Waals surface area contributed by atoms with Crippen molar-refractivity contribution in [1.29, 1.82) is 0 Å². The Kier molecular flexibility index (Phi) is 9.17. The fraction of sp³-hybridized carbons (Fsp3) is 0.414. The number of nitrogens with zero attached hydrogens (tertiary/aromatic N) is 1. The number of hydrogen-bond acceptors (Lipinski definition) is 5. The number of aromatic nitrogens is 1. The molecular weight excluding hydrogens is 492 g/mol. The summed E-state index contributed by atoms with van der Waals surface area (Å²) in [4.78, 5) is 14.0. The van der Waals surface area contributed by atoms with E-state index < -0.39 is 7.37 Å². The smallest absolute Gasteiger partial charge is 0.213 e. The van der Waals surface area contributed by atoms with Crippen LogP contribution < -0.4 is 9.47 Å². The maximum absolute atomic E-state index is 14.9. The number of pyridine rings is 1. The molecular formula is C29H37FNO5P. The van der Waals surface area contributed by atoms with Crippen molar-refractivity contribution in [2.45, 2.75) is 46.3 Å². The van der Waals surface area contributed by atoms with Crippen molar-refractivity contribution in [3.63, 3.8) is 0 Å². The Bertz CT molecular complexity index is 1270. The third kappa shape index (κ3) is 7.64. The Balaban J connectivity index is 1.94. The van der Waals surface area contributed by atoms with E-state index in [9.17, 15) is 13.8 Å². The lowest BCUT2D eigenvalue weighted by Gasteiger charge is -2.32. The van der Waals surface area contributed by atoms with Gasteiger partial charge in [0.2, 0.25) is 5.88 Å². The zero-order chi connectivity index (χ0) is 27.4. The summed E-state index contributed by atoms with van der Waals surface area (Å²) in [6.45, 7) is 9.75. The summed E-state index contributed by atoms with van der Waals surface area (Å²) in [6, 6.07) is 14.1. The standard InChI is InChI=1S/C29H37FNO5P/c1-19(18-37(7,32)33)21-12-13-31-27(15-21)36-17-20-8-10-23(24-16-22(34-5)9-11-26(24)30)25(14-20)28(35-6)29(2,3)4/h8-16,19,28H,17-18H2,1-7H3,(H,32,33)/t19?,28-/m1/s1. The van der Waals surface area contributed by atoms with E-state index in [1.54, 1.807) is 38.6 Å². The van der Waals surface area contributed by atoms with Crippen LogP contribution in [-0.4, -0.2) is 36.9 Å². The van der Waals surface area contributed by atoms with E-state index in [4.69, 9.17) is 14.2 Å². The molecule has 0 saturated carbocycles.